The highest BCUT2D eigenvalue weighted by atomic mass is 32.1. The first-order valence-corrected chi connectivity index (χ1v) is 18.6. The molecular formula is C48H37NS. The largest absolute Gasteiger partial charge is 0.302 e. The molecule has 240 valence electrons. The molecule has 3 aliphatic rings. The third-order valence-electron chi connectivity index (χ3n) is 11.6. The van der Waals surface area contributed by atoms with Gasteiger partial charge in [-0.3, -0.25) is 0 Å². The van der Waals surface area contributed by atoms with Gasteiger partial charge < -0.3 is 4.90 Å². The van der Waals surface area contributed by atoms with E-state index in [-0.39, 0.29) is 10.8 Å². The van der Waals surface area contributed by atoms with Gasteiger partial charge in [0.1, 0.15) is 0 Å². The SMILES string of the molecule is CC1(C)C2=C(CCC=C2)c2c(N(c3c#ccc(-c4cccc5sc6ccccc6c45)c3)c3cccc4c3C(C)(C)c3ccccc3-4)cccc21. The maximum absolute atomic E-state index is 3.65. The molecule has 2 heteroatoms. The van der Waals surface area contributed by atoms with Gasteiger partial charge >= 0.3 is 0 Å². The fourth-order valence-electron chi connectivity index (χ4n) is 9.32. The third-order valence-corrected chi connectivity index (χ3v) is 12.7. The van der Waals surface area contributed by atoms with Crippen LogP contribution in [0.5, 0.6) is 0 Å². The Balaban J connectivity index is 1.26. The van der Waals surface area contributed by atoms with E-state index in [0.717, 1.165) is 24.1 Å². The summed E-state index contributed by atoms with van der Waals surface area (Å²) in [6.45, 7) is 9.56. The summed E-state index contributed by atoms with van der Waals surface area (Å²) < 4.78 is 2.63. The van der Waals surface area contributed by atoms with Crippen molar-refractivity contribution < 1.29 is 0 Å². The Hall–Kier alpha value is -5.36. The lowest BCUT2D eigenvalue weighted by atomic mass is 9.80. The zero-order valence-electron chi connectivity index (χ0n) is 28.9. The molecule has 0 bridgehead atoms. The van der Waals surface area contributed by atoms with E-state index in [1.165, 1.54) is 81.6 Å². The van der Waals surface area contributed by atoms with Crippen LogP contribution in [0, 0.1) is 12.1 Å². The number of fused-ring (bicyclic) bond motifs is 8. The average molecular weight is 660 g/mol. The number of rotatable bonds is 4. The lowest BCUT2D eigenvalue weighted by Gasteiger charge is -2.33. The molecule has 1 heterocycles. The zero-order chi connectivity index (χ0) is 33.8. The van der Waals surface area contributed by atoms with Gasteiger partial charge in [0.2, 0.25) is 0 Å². The quantitative estimate of drug-likeness (QED) is 0.182. The van der Waals surface area contributed by atoms with Crippen LogP contribution >= 0.6 is 11.3 Å². The predicted molar refractivity (Wildman–Crippen MR) is 213 cm³/mol. The minimum absolute atomic E-state index is 0.0647. The van der Waals surface area contributed by atoms with Crippen molar-refractivity contribution in [1.29, 1.82) is 0 Å². The molecule has 50 heavy (non-hydrogen) atoms. The summed E-state index contributed by atoms with van der Waals surface area (Å²) in [5.41, 5.74) is 16.7. The Morgan fingerprint density at radius 3 is 2.32 bits per heavy atom. The average Bonchev–Trinajstić information content (AvgIpc) is 3.73. The van der Waals surface area contributed by atoms with Gasteiger partial charge in [-0.25, -0.2) is 0 Å². The first-order chi connectivity index (χ1) is 24.3. The molecule has 0 unspecified atom stereocenters. The molecule has 0 amide bonds. The van der Waals surface area contributed by atoms with E-state index in [0.29, 0.717) is 0 Å². The van der Waals surface area contributed by atoms with Crippen LogP contribution in [0.1, 0.15) is 62.8 Å². The van der Waals surface area contributed by atoms with Crippen LogP contribution < -0.4 is 4.90 Å². The van der Waals surface area contributed by atoms with Crippen molar-refractivity contribution in [3.8, 4) is 22.3 Å². The maximum Gasteiger partial charge on any atom is 0.0980 e. The second-order valence-corrected chi connectivity index (χ2v) is 16.1. The van der Waals surface area contributed by atoms with E-state index in [1.807, 2.05) is 11.3 Å². The number of nitrogens with zero attached hydrogens (tertiary/aromatic N) is 1. The Kier molecular flexibility index (Phi) is 6.25. The third kappa shape index (κ3) is 4.02. The van der Waals surface area contributed by atoms with Gasteiger partial charge in [0.05, 0.1) is 17.1 Å². The van der Waals surface area contributed by atoms with Crippen molar-refractivity contribution >= 4 is 54.1 Å². The smallest absolute Gasteiger partial charge is 0.0980 e. The minimum Gasteiger partial charge on any atom is -0.302 e. The molecular weight excluding hydrogens is 623 g/mol. The summed E-state index contributed by atoms with van der Waals surface area (Å²) in [5, 5.41) is 2.62. The Morgan fingerprint density at radius 1 is 0.680 bits per heavy atom. The topological polar surface area (TPSA) is 3.24 Å². The Bertz CT molecular complexity index is 2610. The summed E-state index contributed by atoms with van der Waals surface area (Å²) in [6.07, 6.45) is 6.87. The van der Waals surface area contributed by atoms with Gasteiger partial charge in [-0.15, -0.1) is 11.3 Å². The lowest BCUT2D eigenvalue weighted by molar-refractivity contribution is 0.651. The molecule has 0 aliphatic heterocycles. The molecule has 7 aromatic rings. The normalized spacial score (nSPS) is 16.2. The van der Waals surface area contributed by atoms with E-state index >= 15 is 0 Å². The molecule has 0 atom stereocenters. The first kappa shape index (κ1) is 29.5. The lowest BCUT2D eigenvalue weighted by Crippen LogP contribution is -2.21. The van der Waals surface area contributed by atoms with Crippen molar-refractivity contribution in [2.24, 2.45) is 0 Å². The summed E-state index contributed by atoms with van der Waals surface area (Å²) in [5.74, 6) is 0. The summed E-state index contributed by atoms with van der Waals surface area (Å²) in [6, 6.07) is 49.9. The molecule has 0 saturated carbocycles. The van der Waals surface area contributed by atoms with Crippen LogP contribution in [0.4, 0.5) is 17.1 Å². The van der Waals surface area contributed by atoms with Crippen molar-refractivity contribution in [3.63, 3.8) is 0 Å². The number of allylic oxidation sites excluding steroid dienone is 4. The number of benzene rings is 5. The van der Waals surface area contributed by atoms with Crippen molar-refractivity contribution in [2.75, 3.05) is 4.90 Å². The Labute approximate surface area is 298 Å². The number of anilines is 3. The molecule has 0 saturated heterocycles. The first-order valence-electron chi connectivity index (χ1n) is 17.8. The van der Waals surface area contributed by atoms with Gasteiger partial charge in [-0.1, -0.05) is 125 Å². The number of hydrogen-bond donors (Lipinski definition) is 0. The van der Waals surface area contributed by atoms with Crippen LogP contribution in [0.25, 0.3) is 48.0 Å². The van der Waals surface area contributed by atoms with Crippen molar-refractivity contribution in [2.45, 2.75) is 51.4 Å². The zero-order valence-corrected chi connectivity index (χ0v) is 29.7. The molecule has 0 radical (unpaired) electrons. The van der Waals surface area contributed by atoms with Crippen LogP contribution in [-0.2, 0) is 10.8 Å². The fourth-order valence-corrected chi connectivity index (χ4v) is 10.4. The highest BCUT2D eigenvalue weighted by Crippen LogP contribution is 2.58. The Morgan fingerprint density at radius 2 is 1.40 bits per heavy atom. The van der Waals surface area contributed by atoms with Gasteiger partial charge in [0.15, 0.2) is 0 Å². The van der Waals surface area contributed by atoms with Gasteiger partial charge in [-0.2, -0.15) is 0 Å². The van der Waals surface area contributed by atoms with Crippen molar-refractivity contribution in [3.05, 3.63) is 167 Å². The minimum atomic E-state index is -0.182. The molecule has 0 spiro atoms. The van der Waals surface area contributed by atoms with Gasteiger partial charge in [0.25, 0.3) is 0 Å². The molecule has 0 N–H and O–H groups in total. The van der Waals surface area contributed by atoms with E-state index in [2.05, 4.69) is 172 Å². The summed E-state index contributed by atoms with van der Waals surface area (Å²) in [7, 11) is 0. The van der Waals surface area contributed by atoms with Crippen LogP contribution in [-0.4, -0.2) is 0 Å². The highest BCUT2D eigenvalue weighted by molar-refractivity contribution is 7.25. The van der Waals surface area contributed by atoms with Gasteiger partial charge in [0, 0.05) is 36.6 Å². The van der Waals surface area contributed by atoms with E-state index < -0.39 is 0 Å². The van der Waals surface area contributed by atoms with Crippen LogP contribution in [0.3, 0.4) is 0 Å². The van der Waals surface area contributed by atoms with E-state index in [1.54, 1.807) is 0 Å². The highest BCUT2D eigenvalue weighted by Gasteiger charge is 2.42. The standard InChI is InChI=1S/C48H37NS/c1-47(2)38-23-9-6-18-35(38)45-39(47)24-14-25-40(45)49(41-26-12-21-34-33-17-5-8-22-37(33)48(3,4)46(34)41)31-16-11-15-30(29-31)32-20-13-28-43-44(32)36-19-7-10-27-42(36)50-43/h5,7-10,12-15,17,19-29H,6,18H2,1-4H3. The maximum atomic E-state index is 3.65. The van der Waals surface area contributed by atoms with Crippen LogP contribution in [0.15, 0.2) is 133 Å². The second kappa shape index (κ2) is 10.6. The van der Waals surface area contributed by atoms with E-state index in [9.17, 15) is 0 Å². The second-order valence-electron chi connectivity index (χ2n) is 15.0. The molecule has 10 rings (SSSR count). The molecule has 1 aromatic heterocycles. The van der Waals surface area contributed by atoms with Gasteiger partial charge in [-0.05, 0) is 105 Å². The fraction of sp³-hybridized carbons (Fsp3) is 0.167. The molecule has 1 nitrogen and oxygen atoms in total. The molecule has 6 aromatic carbocycles. The summed E-state index contributed by atoms with van der Waals surface area (Å²) >= 11 is 1.87. The van der Waals surface area contributed by atoms with E-state index in [4.69, 9.17) is 0 Å². The predicted octanol–water partition coefficient (Wildman–Crippen LogP) is 13.5. The monoisotopic (exact) mass is 659 g/mol. The molecule has 0 fully saturated rings. The molecule has 3 aliphatic carbocycles. The number of hydrogen-bond acceptors (Lipinski definition) is 2. The number of thiophene rings is 1. The summed E-state index contributed by atoms with van der Waals surface area (Å²) in [4.78, 5) is 2.52. The van der Waals surface area contributed by atoms with Crippen molar-refractivity contribution in [1.82, 2.24) is 0 Å². The van der Waals surface area contributed by atoms with Crippen LogP contribution in [0.2, 0.25) is 0 Å².